The number of nitrogens with one attached hydrogen (secondary N) is 1. The van der Waals surface area contributed by atoms with Gasteiger partial charge in [-0.05, 0) is 32.4 Å². The molecule has 1 aliphatic rings. The lowest BCUT2D eigenvalue weighted by Gasteiger charge is -2.37. The number of benzene rings is 1. The summed E-state index contributed by atoms with van der Waals surface area (Å²) in [5.74, 6) is -0.420. The number of nitrogens with zero attached hydrogens (tertiary/aromatic N) is 1. The topological polar surface area (TPSA) is 32.3 Å². The normalized spacial score (nSPS) is 23.3. The fourth-order valence-electron chi connectivity index (χ4n) is 2.52. The lowest BCUT2D eigenvalue weighted by molar-refractivity contribution is 0.0694. The Morgan fingerprint density at radius 2 is 2.00 bits per heavy atom. The van der Waals surface area contributed by atoms with Gasteiger partial charge in [-0.1, -0.05) is 29.3 Å². The second-order valence-corrected chi connectivity index (χ2v) is 6.38. The molecule has 3 nitrogen and oxygen atoms in total. The van der Waals surface area contributed by atoms with E-state index in [0.29, 0.717) is 19.0 Å². The van der Waals surface area contributed by atoms with E-state index in [2.05, 4.69) is 10.2 Å². The quantitative estimate of drug-likeness (QED) is 0.918. The third-order valence-corrected chi connectivity index (χ3v) is 4.44. The van der Waals surface area contributed by atoms with Crippen molar-refractivity contribution in [3.05, 3.63) is 33.8 Å². The summed E-state index contributed by atoms with van der Waals surface area (Å²) in [7, 11) is 0. The molecule has 21 heavy (non-hydrogen) atoms. The summed E-state index contributed by atoms with van der Waals surface area (Å²) in [6.07, 6.45) is -0.515. The van der Waals surface area contributed by atoms with Gasteiger partial charge in [0, 0.05) is 19.1 Å². The minimum Gasteiger partial charge on any atom is -0.346 e. The first-order valence-corrected chi connectivity index (χ1v) is 7.78. The maximum Gasteiger partial charge on any atom is 0.254 e. The Kier molecular flexibility index (Phi) is 5.47. The first-order valence-electron chi connectivity index (χ1n) is 7.03. The van der Waals surface area contributed by atoms with Crippen LogP contribution >= 0.6 is 23.2 Å². The standard InChI is InChI=1S/C15H19Cl2FN2O/c1-9(2)20-7-6-13(12(18)8-20)19-15(21)14-10(16)4-3-5-11(14)17/h3-5,9,12-13H,6-8H2,1-2H3,(H,19,21)/t12-,13-/m0/s1. The second kappa shape index (κ2) is 6.95. The minimum absolute atomic E-state index is 0.208. The number of piperidine rings is 1. The highest BCUT2D eigenvalue weighted by atomic mass is 35.5. The predicted octanol–water partition coefficient (Wildman–Crippen LogP) is 3.54. The SMILES string of the molecule is CC(C)N1CC[C@H](NC(=O)c2c(Cl)cccc2Cl)[C@@H](F)C1. The number of halogens is 3. The highest BCUT2D eigenvalue weighted by molar-refractivity contribution is 6.39. The zero-order valence-corrected chi connectivity index (χ0v) is 13.6. The van der Waals surface area contributed by atoms with E-state index in [1.807, 2.05) is 13.8 Å². The highest BCUT2D eigenvalue weighted by Crippen LogP contribution is 2.25. The third kappa shape index (κ3) is 3.87. The van der Waals surface area contributed by atoms with E-state index < -0.39 is 18.1 Å². The monoisotopic (exact) mass is 332 g/mol. The molecule has 1 aromatic rings. The van der Waals surface area contributed by atoms with Crippen molar-refractivity contribution in [3.8, 4) is 0 Å². The molecule has 0 radical (unpaired) electrons. The van der Waals surface area contributed by atoms with Crippen LogP contribution in [-0.4, -0.2) is 42.2 Å². The van der Waals surface area contributed by atoms with Crippen molar-refractivity contribution >= 4 is 29.1 Å². The van der Waals surface area contributed by atoms with E-state index >= 15 is 0 Å². The minimum atomic E-state index is -1.09. The molecular weight excluding hydrogens is 314 g/mol. The fraction of sp³-hybridized carbons (Fsp3) is 0.533. The average Bonchev–Trinajstić information content (AvgIpc) is 2.40. The van der Waals surface area contributed by atoms with Crippen molar-refractivity contribution in [3.63, 3.8) is 0 Å². The van der Waals surface area contributed by atoms with Gasteiger partial charge in [0.25, 0.3) is 5.91 Å². The number of amides is 1. The molecule has 1 amide bonds. The molecule has 0 aromatic heterocycles. The van der Waals surface area contributed by atoms with Gasteiger partial charge in [-0.3, -0.25) is 9.69 Å². The summed E-state index contributed by atoms with van der Waals surface area (Å²) in [4.78, 5) is 14.3. The maximum atomic E-state index is 14.2. The van der Waals surface area contributed by atoms with Crippen molar-refractivity contribution in [1.29, 1.82) is 0 Å². The largest absolute Gasteiger partial charge is 0.346 e. The van der Waals surface area contributed by atoms with E-state index in [1.165, 1.54) is 0 Å². The molecule has 0 spiro atoms. The molecule has 1 aliphatic heterocycles. The van der Waals surface area contributed by atoms with Crippen LogP contribution in [0.2, 0.25) is 10.0 Å². The van der Waals surface area contributed by atoms with E-state index in [-0.39, 0.29) is 15.6 Å². The summed E-state index contributed by atoms with van der Waals surface area (Å²) < 4.78 is 14.2. The Balaban J connectivity index is 2.04. The van der Waals surface area contributed by atoms with Crippen LogP contribution in [0.4, 0.5) is 4.39 Å². The average molecular weight is 333 g/mol. The van der Waals surface area contributed by atoms with Gasteiger partial charge in [-0.15, -0.1) is 0 Å². The molecule has 1 fully saturated rings. The molecule has 6 heteroatoms. The van der Waals surface area contributed by atoms with Crippen molar-refractivity contribution < 1.29 is 9.18 Å². The molecule has 0 unspecified atom stereocenters. The molecule has 116 valence electrons. The van der Waals surface area contributed by atoms with Crippen molar-refractivity contribution in [2.75, 3.05) is 13.1 Å². The molecular formula is C15H19Cl2FN2O. The molecule has 0 bridgehead atoms. The van der Waals surface area contributed by atoms with E-state index in [4.69, 9.17) is 23.2 Å². The van der Waals surface area contributed by atoms with Gasteiger partial charge in [0.15, 0.2) is 0 Å². The van der Waals surface area contributed by atoms with Crippen molar-refractivity contribution in [2.24, 2.45) is 0 Å². The number of carbonyl (C=O) groups is 1. The van der Waals surface area contributed by atoms with Crippen LogP contribution in [0.1, 0.15) is 30.6 Å². The van der Waals surface area contributed by atoms with Gasteiger partial charge < -0.3 is 5.32 Å². The van der Waals surface area contributed by atoms with Gasteiger partial charge in [0.1, 0.15) is 6.17 Å². The Labute approximate surface area is 134 Å². The van der Waals surface area contributed by atoms with Crippen LogP contribution in [0.5, 0.6) is 0 Å². The summed E-state index contributed by atoms with van der Waals surface area (Å²) >= 11 is 12.0. The third-order valence-electron chi connectivity index (χ3n) is 3.81. The first kappa shape index (κ1) is 16.5. The summed E-state index contributed by atoms with van der Waals surface area (Å²) in [5.41, 5.74) is 0.208. The molecule has 0 aliphatic carbocycles. The zero-order valence-electron chi connectivity index (χ0n) is 12.1. The summed E-state index contributed by atoms with van der Waals surface area (Å²) in [5, 5.41) is 3.26. The number of rotatable bonds is 3. The first-order chi connectivity index (χ1) is 9.90. The van der Waals surface area contributed by atoms with Crippen LogP contribution in [0.15, 0.2) is 18.2 Å². The van der Waals surface area contributed by atoms with E-state index in [0.717, 1.165) is 6.54 Å². The van der Waals surface area contributed by atoms with Crippen molar-refractivity contribution in [2.45, 2.75) is 38.5 Å². The molecule has 2 atom stereocenters. The number of hydrogen-bond donors (Lipinski definition) is 1. The maximum absolute atomic E-state index is 14.2. The van der Waals surface area contributed by atoms with Crippen LogP contribution in [0.25, 0.3) is 0 Å². The molecule has 1 heterocycles. The molecule has 1 N–H and O–H groups in total. The lowest BCUT2D eigenvalue weighted by atomic mass is 10.0. The highest BCUT2D eigenvalue weighted by Gasteiger charge is 2.32. The van der Waals surface area contributed by atoms with Gasteiger partial charge in [0.05, 0.1) is 21.7 Å². The van der Waals surface area contributed by atoms with E-state index in [9.17, 15) is 9.18 Å². The van der Waals surface area contributed by atoms with E-state index in [1.54, 1.807) is 18.2 Å². The van der Waals surface area contributed by atoms with Crippen LogP contribution in [0.3, 0.4) is 0 Å². The Hall–Kier alpha value is -0.840. The van der Waals surface area contributed by atoms with Gasteiger partial charge in [-0.25, -0.2) is 4.39 Å². The smallest absolute Gasteiger partial charge is 0.254 e. The van der Waals surface area contributed by atoms with Crippen LogP contribution < -0.4 is 5.32 Å². The molecule has 1 aromatic carbocycles. The number of likely N-dealkylation sites (tertiary alicyclic amines) is 1. The number of carbonyl (C=O) groups excluding carboxylic acids is 1. The Bertz CT molecular complexity index is 504. The Morgan fingerprint density at radius 3 is 2.52 bits per heavy atom. The van der Waals surface area contributed by atoms with Gasteiger partial charge in [0.2, 0.25) is 0 Å². The fourth-order valence-corrected chi connectivity index (χ4v) is 3.08. The second-order valence-electron chi connectivity index (χ2n) is 5.57. The predicted molar refractivity (Wildman–Crippen MR) is 83.9 cm³/mol. The van der Waals surface area contributed by atoms with Crippen molar-refractivity contribution in [1.82, 2.24) is 10.2 Å². The molecule has 2 rings (SSSR count). The van der Waals surface area contributed by atoms with Crippen LogP contribution in [-0.2, 0) is 0 Å². The summed E-state index contributed by atoms with van der Waals surface area (Å²) in [6, 6.07) is 4.66. The molecule has 0 saturated carbocycles. The Morgan fingerprint density at radius 1 is 1.38 bits per heavy atom. The zero-order chi connectivity index (χ0) is 15.6. The summed E-state index contributed by atoms with van der Waals surface area (Å²) in [6.45, 7) is 5.17. The van der Waals surface area contributed by atoms with Gasteiger partial charge in [-0.2, -0.15) is 0 Å². The lowest BCUT2D eigenvalue weighted by Crippen LogP contribution is -2.53. The molecule has 1 saturated heterocycles. The number of alkyl halides is 1. The van der Waals surface area contributed by atoms with Gasteiger partial charge >= 0.3 is 0 Å². The number of hydrogen-bond acceptors (Lipinski definition) is 2. The van der Waals surface area contributed by atoms with Crippen LogP contribution in [0, 0.1) is 0 Å².